The van der Waals surface area contributed by atoms with E-state index < -0.39 is 17.6 Å². The number of carbonyl (C=O) groups is 1. The topological polar surface area (TPSA) is 54.9 Å². The minimum Gasteiger partial charge on any atom is -0.305 e. The van der Waals surface area contributed by atoms with Crippen LogP contribution >= 0.6 is 11.8 Å². The van der Waals surface area contributed by atoms with Crippen LogP contribution in [0.1, 0.15) is 28.7 Å². The summed E-state index contributed by atoms with van der Waals surface area (Å²) < 4.78 is 38.4. The van der Waals surface area contributed by atoms with Crippen LogP contribution in [0.15, 0.2) is 35.4 Å². The number of nitrogens with zero attached hydrogens (tertiary/aromatic N) is 2. The van der Waals surface area contributed by atoms with Crippen LogP contribution < -0.4 is 5.32 Å². The molecule has 0 aliphatic rings. The zero-order valence-electron chi connectivity index (χ0n) is 12.4. The quantitative estimate of drug-likeness (QED) is 0.848. The van der Waals surface area contributed by atoms with Gasteiger partial charge in [0.05, 0.1) is 5.56 Å². The summed E-state index contributed by atoms with van der Waals surface area (Å²) in [7, 11) is 0. The van der Waals surface area contributed by atoms with Gasteiger partial charge in [0.1, 0.15) is 11.5 Å². The number of thioether (sulfide) groups is 1. The summed E-state index contributed by atoms with van der Waals surface area (Å²) in [6, 6.07) is 5.16. The Labute approximate surface area is 135 Å². The number of carbonyl (C=O) groups excluding carboxylic acids is 1. The fourth-order valence-corrected chi connectivity index (χ4v) is 2.67. The maximum absolute atomic E-state index is 12.8. The van der Waals surface area contributed by atoms with E-state index in [0.29, 0.717) is 4.90 Å². The van der Waals surface area contributed by atoms with Crippen LogP contribution in [0.3, 0.4) is 0 Å². The molecule has 2 aromatic rings. The van der Waals surface area contributed by atoms with Gasteiger partial charge in [0.2, 0.25) is 0 Å². The van der Waals surface area contributed by atoms with Gasteiger partial charge < -0.3 is 5.32 Å². The molecule has 2 heterocycles. The molecule has 0 unspecified atom stereocenters. The molecule has 0 radical (unpaired) electrons. The van der Waals surface area contributed by atoms with Gasteiger partial charge in [0, 0.05) is 16.8 Å². The Balaban J connectivity index is 2.29. The number of rotatable bonds is 4. The van der Waals surface area contributed by atoms with Crippen molar-refractivity contribution in [1.29, 1.82) is 0 Å². The lowest BCUT2D eigenvalue weighted by atomic mass is 10.2. The molecule has 23 heavy (non-hydrogen) atoms. The van der Waals surface area contributed by atoms with Crippen LogP contribution in [0, 0.1) is 6.92 Å². The molecule has 0 fully saturated rings. The number of nitrogens with one attached hydrogen (secondary N) is 1. The third kappa shape index (κ3) is 4.44. The highest BCUT2D eigenvalue weighted by Gasteiger charge is 2.31. The normalized spacial score (nSPS) is 11.3. The first kappa shape index (κ1) is 17.3. The van der Waals surface area contributed by atoms with Crippen LogP contribution in [0.2, 0.25) is 0 Å². The van der Waals surface area contributed by atoms with E-state index in [1.807, 2.05) is 6.92 Å². The molecule has 0 aliphatic carbocycles. The number of hydrogen-bond donors (Lipinski definition) is 1. The Morgan fingerprint density at radius 1 is 1.35 bits per heavy atom. The molecule has 0 saturated carbocycles. The van der Waals surface area contributed by atoms with E-state index in [9.17, 15) is 18.0 Å². The molecule has 4 nitrogen and oxygen atoms in total. The standard InChI is InChI=1S/C15H14F3N3OS/c1-3-23-11-5-4-6-19-13(11)14(22)21-12-8-10(15(16,17)18)7-9(2)20-12/h4-8H,3H2,1-2H3,(H,20,21,22). The van der Waals surface area contributed by atoms with Crippen molar-refractivity contribution < 1.29 is 18.0 Å². The first-order valence-corrected chi connectivity index (χ1v) is 7.75. The first-order chi connectivity index (χ1) is 10.8. The van der Waals surface area contributed by atoms with Crippen LogP contribution in [0.4, 0.5) is 19.0 Å². The maximum atomic E-state index is 12.8. The van der Waals surface area contributed by atoms with Crippen molar-refractivity contribution in [2.45, 2.75) is 24.9 Å². The largest absolute Gasteiger partial charge is 0.416 e. The fraction of sp³-hybridized carbons (Fsp3) is 0.267. The zero-order valence-corrected chi connectivity index (χ0v) is 13.3. The average Bonchev–Trinajstić information content (AvgIpc) is 2.46. The third-order valence-electron chi connectivity index (χ3n) is 2.81. The molecule has 0 aliphatic heterocycles. The van der Waals surface area contributed by atoms with Crippen molar-refractivity contribution in [2.24, 2.45) is 0 Å². The molecule has 0 saturated heterocycles. The lowest BCUT2D eigenvalue weighted by Crippen LogP contribution is -2.17. The molecule has 0 bridgehead atoms. The van der Waals surface area contributed by atoms with Crippen LogP contribution in [0.5, 0.6) is 0 Å². The van der Waals surface area contributed by atoms with Gasteiger partial charge in [-0.2, -0.15) is 13.2 Å². The number of hydrogen-bond acceptors (Lipinski definition) is 4. The highest BCUT2D eigenvalue weighted by Crippen LogP contribution is 2.31. The molecule has 2 rings (SSSR count). The number of amides is 1. The van der Waals surface area contributed by atoms with Gasteiger partial charge in [0.15, 0.2) is 0 Å². The molecule has 1 N–H and O–H groups in total. The van der Waals surface area contributed by atoms with Crippen molar-refractivity contribution in [2.75, 3.05) is 11.1 Å². The van der Waals surface area contributed by atoms with Gasteiger partial charge in [-0.1, -0.05) is 6.92 Å². The van der Waals surface area contributed by atoms with E-state index in [2.05, 4.69) is 15.3 Å². The lowest BCUT2D eigenvalue weighted by molar-refractivity contribution is -0.137. The van der Waals surface area contributed by atoms with Gasteiger partial charge in [-0.15, -0.1) is 11.8 Å². The number of aromatic nitrogens is 2. The monoisotopic (exact) mass is 341 g/mol. The molecule has 1 amide bonds. The SMILES string of the molecule is CCSc1cccnc1C(=O)Nc1cc(C(F)(F)F)cc(C)n1. The van der Waals surface area contributed by atoms with E-state index in [1.165, 1.54) is 24.9 Å². The summed E-state index contributed by atoms with van der Waals surface area (Å²) in [5, 5.41) is 2.38. The van der Waals surface area contributed by atoms with E-state index >= 15 is 0 Å². The zero-order chi connectivity index (χ0) is 17.0. The molecule has 0 aromatic carbocycles. The summed E-state index contributed by atoms with van der Waals surface area (Å²) in [6.45, 7) is 3.36. The highest BCUT2D eigenvalue weighted by atomic mass is 32.2. The smallest absolute Gasteiger partial charge is 0.305 e. The molecular weight excluding hydrogens is 327 g/mol. The number of anilines is 1. The molecule has 2 aromatic heterocycles. The van der Waals surface area contributed by atoms with Crippen molar-refractivity contribution in [3.05, 3.63) is 47.4 Å². The Morgan fingerprint density at radius 3 is 2.74 bits per heavy atom. The lowest BCUT2D eigenvalue weighted by Gasteiger charge is -2.11. The number of aryl methyl sites for hydroxylation is 1. The average molecular weight is 341 g/mol. The Bertz CT molecular complexity index is 719. The highest BCUT2D eigenvalue weighted by molar-refractivity contribution is 7.99. The molecule has 8 heteroatoms. The number of pyridine rings is 2. The van der Waals surface area contributed by atoms with E-state index in [-0.39, 0.29) is 17.2 Å². The number of halogens is 3. The van der Waals surface area contributed by atoms with Crippen molar-refractivity contribution >= 4 is 23.5 Å². The number of alkyl halides is 3. The molecular formula is C15H14F3N3OS. The summed E-state index contributed by atoms with van der Waals surface area (Å²) in [5.74, 6) is 0.000540. The van der Waals surface area contributed by atoms with E-state index in [4.69, 9.17) is 0 Å². The van der Waals surface area contributed by atoms with Crippen molar-refractivity contribution in [3.8, 4) is 0 Å². The second-order valence-corrected chi connectivity index (χ2v) is 5.92. The Hall–Kier alpha value is -2.09. The predicted octanol–water partition coefficient (Wildman–Crippen LogP) is 4.17. The second-order valence-electron chi connectivity index (χ2n) is 4.62. The summed E-state index contributed by atoms with van der Waals surface area (Å²) in [4.78, 5) is 20.9. The van der Waals surface area contributed by atoms with E-state index in [0.717, 1.165) is 17.9 Å². The minimum absolute atomic E-state index is 0.152. The van der Waals surface area contributed by atoms with Crippen LogP contribution in [-0.4, -0.2) is 21.6 Å². The van der Waals surface area contributed by atoms with E-state index in [1.54, 1.807) is 12.1 Å². The first-order valence-electron chi connectivity index (χ1n) is 6.76. The molecule has 0 spiro atoms. The second kappa shape index (κ2) is 6.99. The summed E-state index contributed by atoms with van der Waals surface area (Å²) in [6.07, 6.45) is -3.04. The maximum Gasteiger partial charge on any atom is 0.416 e. The van der Waals surface area contributed by atoms with Gasteiger partial charge in [-0.3, -0.25) is 4.79 Å². The Kier molecular flexibility index (Phi) is 5.25. The van der Waals surface area contributed by atoms with Crippen LogP contribution in [-0.2, 0) is 6.18 Å². The molecule has 122 valence electrons. The van der Waals surface area contributed by atoms with Gasteiger partial charge >= 0.3 is 6.18 Å². The fourth-order valence-electron chi connectivity index (χ4n) is 1.90. The van der Waals surface area contributed by atoms with Crippen LogP contribution in [0.25, 0.3) is 0 Å². The predicted molar refractivity (Wildman–Crippen MR) is 82.6 cm³/mol. The van der Waals surface area contributed by atoms with Gasteiger partial charge in [-0.05, 0) is 36.9 Å². The van der Waals surface area contributed by atoms with Gasteiger partial charge in [-0.25, -0.2) is 9.97 Å². The Morgan fingerprint density at radius 2 is 2.09 bits per heavy atom. The summed E-state index contributed by atoms with van der Waals surface area (Å²) >= 11 is 1.43. The van der Waals surface area contributed by atoms with Crippen molar-refractivity contribution in [3.63, 3.8) is 0 Å². The minimum atomic E-state index is -4.50. The molecule has 0 atom stereocenters. The third-order valence-corrected chi connectivity index (χ3v) is 3.74. The van der Waals surface area contributed by atoms with Gasteiger partial charge in [0.25, 0.3) is 5.91 Å². The summed E-state index contributed by atoms with van der Waals surface area (Å²) in [5.41, 5.74) is -0.528. The van der Waals surface area contributed by atoms with Crippen molar-refractivity contribution in [1.82, 2.24) is 9.97 Å².